The van der Waals surface area contributed by atoms with Gasteiger partial charge < -0.3 is 15.5 Å². The van der Waals surface area contributed by atoms with Gasteiger partial charge in [-0.15, -0.1) is 4.40 Å². The number of sulfonamides is 2. The predicted molar refractivity (Wildman–Crippen MR) is 137 cm³/mol. The number of aliphatic hydroxyl groups is 2. The zero-order valence-corrected chi connectivity index (χ0v) is 21.8. The normalized spacial score (nSPS) is 21.2. The van der Waals surface area contributed by atoms with Crippen LogP contribution in [-0.4, -0.2) is 50.5 Å². The molecule has 0 radical (unpaired) electrons. The molecule has 1 atom stereocenters. The maximum Gasteiger partial charge on any atom is 0.286 e. The lowest BCUT2D eigenvalue weighted by molar-refractivity contribution is -0.120. The Labute approximate surface area is 209 Å². The van der Waals surface area contributed by atoms with Gasteiger partial charge in [0.25, 0.3) is 10.0 Å². The Kier molecular flexibility index (Phi) is 6.05. The maximum atomic E-state index is 13.9. The van der Waals surface area contributed by atoms with Crippen molar-refractivity contribution in [3.05, 3.63) is 59.2 Å². The molecule has 0 fully saturated rings. The number of carbonyl (C=O) groups excluding carboxylic acids is 1. The zero-order chi connectivity index (χ0) is 26.7. The van der Waals surface area contributed by atoms with Crippen molar-refractivity contribution in [2.75, 3.05) is 16.3 Å². The van der Waals surface area contributed by atoms with Crippen molar-refractivity contribution in [1.29, 1.82) is 0 Å². The van der Waals surface area contributed by atoms with Crippen LogP contribution in [0.2, 0.25) is 0 Å². The monoisotopic (exact) mass is 533 g/mol. The summed E-state index contributed by atoms with van der Waals surface area (Å²) in [5, 5.41) is 24.2. The van der Waals surface area contributed by atoms with Gasteiger partial charge in [-0.1, -0.05) is 24.3 Å². The summed E-state index contributed by atoms with van der Waals surface area (Å²) in [5.41, 5.74) is -1.46. The Hall–Kier alpha value is -3.22. The van der Waals surface area contributed by atoms with Gasteiger partial charge in [0.05, 0.1) is 23.0 Å². The van der Waals surface area contributed by atoms with Crippen molar-refractivity contribution in [2.24, 2.45) is 4.40 Å². The van der Waals surface area contributed by atoms with E-state index in [0.717, 1.165) is 12.3 Å². The molecular weight excluding hydrogens is 506 g/mol. The van der Waals surface area contributed by atoms with Crippen LogP contribution >= 0.6 is 0 Å². The topological polar surface area (TPSA) is 162 Å². The number of hydrogen-bond acceptors (Lipinski definition) is 8. The Balaban J connectivity index is 1.84. The van der Waals surface area contributed by atoms with E-state index in [1.54, 1.807) is 45.0 Å². The first-order valence-corrected chi connectivity index (χ1v) is 14.4. The highest BCUT2D eigenvalue weighted by molar-refractivity contribution is 7.92. The minimum absolute atomic E-state index is 0.0317. The van der Waals surface area contributed by atoms with Crippen molar-refractivity contribution in [1.82, 2.24) is 0 Å². The van der Waals surface area contributed by atoms with Crippen LogP contribution in [0.5, 0.6) is 0 Å². The summed E-state index contributed by atoms with van der Waals surface area (Å²) in [7, 11) is -8.01. The van der Waals surface area contributed by atoms with Gasteiger partial charge >= 0.3 is 0 Å². The minimum Gasteiger partial charge on any atom is -0.506 e. The highest BCUT2D eigenvalue weighted by Gasteiger charge is 2.47. The van der Waals surface area contributed by atoms with E-state index in [4.69, 9.17) is 0 Å². The number of Topliss-reactive ketones (excluding diaryl/α,β-unsaturated/α-hetero) is 1. The van der Waals surface area contributed by atoms with Gasteiger partial charge in [-0.2, -0.15) is 8.42 Å². The predicted octanol–water partition coefficient (Wildman–Crippen LogP) is 2.93. The van der Waals surface area contributed by atoms with Crippen molar-refractivity contribution >= 4 is 48.8 Å². The summed E-state index contributed by atoms with van der Waals surface area (Å²) >= 11 is 0. The lowest BCUT2D eigenvalue weighted by atomic mass is 9.66. The molecule has 2 aliphatic rings. The summed E-state index contributed by atoms with van der Waals surface area (Å²) in [6, 6.07) is 10.6. The second kappa shape index (κ2) is 8.43. The zero-order valence-electron chi connectivity index (χ0n) is 20.2. The molecule has 1 aliphatic carbocycles. The van der Waals surface area contributed by atoms with Gasteiger partial charge in [-0.25, -0.2) is 8.42 Å². The molecule has 0 saturated heterocycles. The molecule has 2 aromatic rings. The van der Waals surface area contributed by atoms with Crippen LogP contribution in [0.25, 0.3) is 5.76 Å². The third-order valence-corrected chi connectivity index (χ3v) is 8.17. The molecule has 0 saturated carbocycles. The van der Waals surface area contributed by atoms with Gasteiger partial charge in [0.15, 0.2) is 11.6 Å². The molecule has 192 valence electrons. The summed E-state index contributed by atoms with van der Waals surface area (Å²) in [5.74, 6) is -1.28. The quantitative estimate of drug-likeness (QED) is 0.440. The van der Waals surface area contributed by atoms with Gasteiger partial charge in [0.2, 0.25) is 10.0 Å². The first-order valence-electron chi connectivity index (χ1n) is 11.1. The second-order valence-electron chi connectivity index (χ2n) is 9.87. The van der Waals surface area contributed by atoms with Crippen molar-refractivity contribution in [3.8, 4) is 0 Å². The molecule has 12 heteroatoms. The molecule has 0 amide bonds. The Morgan fingerprint density at radius 1 is 1.17 bits per heavy atom. The average Bonchev–Trinajstić information content (AvgIpc) is 2.75. The van der Waals surface area contributed by atoms with Crippen molar-refractivity contribution in [3.63, 3.8) is 0 Å². The fourth-order valence-electron chi connectivity index (χ4n) is 4.38. The van der Waals surface area contributed by atoms with Crippen LogP contribution in [0, 0.1) is 0 Å². The summed E-state index contributed by atoms with van der Waals surface area (Å²) in [4.78, 5) is 13.6. The van der Waals surface area contributed by atoms with Crippen LogP contribution < -0.4 is 10.0 Å². The SMILES string of the molecule is CC(C)(O)CCC1(C)C(=O)C(C2=NS(=O)(=O)c3cc(NS(C)(=O)=O)ccc3N2)=C(O)c2ccccc21. The van der Waals surface area contributed by atoms with Crippen LogP contribution in [0.3, 0.4) is 0 Å². The molecule has 10 nitrogen and oxygen atoms in total. The average molecular weight is 534 g/mol. The Morgan fingerprint density at radius 3 is 2.47 bits per heavy atom. The van der Waals surface area contributed by atoms with Gasteiger partial charge in [0.1, 0.15) is 16.2 Å². The van der Waals surface area contributed by atoms with E-state index in [1.807, 2.05) is 0 Å². The first kappa shape index (κ1) is 25.9. The number of benzene rings is 2. The summed E-state index contributed by atoms with van der Waals surface area (Å²) < 4.78 is 55.2. The molecule has 36 heavy (non-hydrogen) atoms. The third-order valence-electron chi connectivity index (χ3n) is 6.24. The molecule has 4 rings (SSSR count). The number of aliphatic hydroxyl groups excluding tert-OH is 1. The number of carbonyl (C=O) groups is 1. The fourth-order valence-corrected chi connectivity index (χ4v) is 6.08. The standard InChI is InChI=1S/C24H27N3O7S2/c1-23(2,30)11-12-24(3)16-8-6-5-7-15(16)20(28)19(21(24)29)22-25-17-10-9-14(26-35(4,31)32)13-18(17)36(33,34)27-22/h5-10,13,26,28,30H,11-12H2,1-4H3,(H,25,27). The van der Waals surface area contributed by atoms with E-state index in [2.05, 4.69) is 14.4 Å². The van der Waals surface area contributed by atoms with E-state index in [0.29, 0.717) is 11.1 Å². The second-order valence-corrected chi connectivity index (χ2v) is 13.2. The van der Waals surface area contributed by atoms with Gasteiger partial charge in [0, 0.05) is 11.3 Å². The molecule has 1 aliphatic heterocycles. The molecule has 1 heterocycles. The molecular formula is C24H27N3O7S2. The number of nitrogens with zero attached hydrogens (tertiary/aromatic N) is 1. The molecule has 0 bridgehead atoms. The number of fused-ring (bicyclic) bond motifs is 2. The third kappa shape index (κ3) is 4.75. The smallest absolute Gasteiger partial charge is 0.286 e. The number of hydrogen-bond donors (Lipinski definition) is 4. The van der Waals surface area contributed by atoms with Crippen LogP contribution in [0.4, 0.5) is 11.4 Å². The lowest BCUT2D eigenvalue weighted by Gasteiger charge is -2.37. The fraction of sp³-hybridized carbons (Fsp3) is 0.333. The van der Waals surface area contributed by atoms with Crippen molar-refractivity contribution < 1.29 is 31.8 Å². The maximum absolute atomic E-state index is 13.9. The number of rotatable bonds is 6. The number of nitrogens with one attached hydrogen (secondary N) is 2. The Morgan fingerprint density at radius 2 is 1.83 bits per heavy atom. The van der Waals surface area contributed by atoms with Gasteiger partial charge in [-0.3, -0.25) is 9.52 Å². The summed E-state index contributed by atoms with van der Waals surface area (Å²) in [6.45, 7) is 4.96. The molecule has 2 aromatic carbocycles. The van der Waals surface area contributed by atoms with Crippen LogP contribution in [0.1, 0.15) is 44.7 Å². The van der Waals surface area contributed by atoms with E-state index in [1.165, 1.54) is 12.1 Å². The van der Waals surface area contributed by atoms with Crippen molar-refractivity contribution in [2.45, 2.75) is 49.5 Å². The molecule has 4 N–H and O–H groups in total. The highest BCUT2D eigenvalue weighted by atomic mass is 32.2. The largest absolute Gasteiger partial charge is 0.506 e. The van der Waals surface area contributed by atoms with Crippen LogP contribution in [0.15, 0.2) is 57.3 Å². The highest BCUT2D eigenvalue weighted by Crippen LogP contribution is 2.44. The number of anilines is 2. The number of amidine groups is 1. The van der Waals surface area contributed by atoms with E-state index in [-0.39, 0.29) is 40.5 Å². The molecule has 1 unspecified atom stereocenters. The first-order chi connectivity index (χ1) is 16.5. The molecule has 0 spiro atoms. The van der Waals surface area contributed by atoms with Crippen LogP contribution in [-0.2, 0) is 30.3 Å². The lowest BCUT2D eigenvalue weighted by Crippen LogP contribution is -2.43. The summed E-state index contributed by atoms with van der Waals surface area (Å²) in [6.07, 6.45) is 1.45. The Bertz CT molecular complexity index is 1550. The minimum atomic E-state index is -4.36. The number of ketones is 1. The van der Waals surface area contributed by atoms with E-state index >= 15 is 0 Å². The van der Waals surface area contributed by atoms with E-state index in [9.17, 15) is 31.8 Å². The molecule has 0 aromatic heterocycles. The van der Waals surface area contributed by atoms with E-state index < -0.39 is 42.6 Å². The van der Waals surface area contributed by atoms with Gasteiger partial charge in [-0.05, 0) is 57.4 Å².